The fraction of sp³-hybridized carbons (Fsp3) is 0.294. The predicted molar refractivity (Wildman–Crippen MR) is 85.7 cm³/mol. The van der Waals surface area contributed by atoms with Crippen LogP contribution in [0.4, 0.5) is 5.69 Å². The van der Waals surface area contributed by atoms with Crippen LogP contribution < -0.4 is 10.6 Å². The van der Waals surface area contributed by atoms with Gasteiger partial charge in [0.2, 0.25) is 0 Å². The topological polar surface area (TPSA) is 91.6 Å². The van der Waals surface area contributed by atoms with E-state index in [9.17, 15) is 14.7 Å². The Hall–Kier alpha value is -2.60. The van der Waals surface area contributed by atoms with E-state index in [1.807, 2.05) is 19.1 Å². The lowest BCUT2D eigenvalue weighted by Crippen LogP contribution is -2.36. The van der Waals surface area contributed by atoms with Gasteiger partial charge in [-0.3, -0.25) is 9.59 Å². The van der Waals surface area contributed by atoms with Crippen molar-refractivity contribution in [2.75, 3.05) is 11.9 Å². The molecule has 0 radical (unpaired) electrons. The highest BCUT2D eigenvalue weighted by molar-refractivity contribution is 6.39. The highest BCUT2D eigenvalue weighted by Gasteiger charge is 2.15. The summed E-state index contributed by atoms with van der Waals surface area (Å²) in [6.45, 7) is 2.21. The van der Waals surface area contributed by atoms with Crippen LogP contribution in [-0.2, 0) is 16.0 Å². The summed E-state index contributed by atoms with van der Waals surface area (Å²) in [5.74, 6) is -1.04. The lowest BCUT2D eigenvalue weighted by atomic mass is 10.1. The number of aliphatic hydroxyl groups is 1. The van der Waals surface area contributed by atoms with Gasteiger partial charge in [0.05, 0.1) is 6.26 Å². The lowest BCUT2D eigenvalue weighted by molar-refractivity contribution is -0.136. The maximum Gasteiger partial charge on any atom is 0.313 e. The van der Waals surface area contributed by atoms with Gasteiger partial charge in [0, 0.05) is 12.2 Å². The van der Waals surface area contributed by atoms with Crippen molar-refractivity contribution in [3.8, 4) is 0 Å². The number of aryl methyl sites for hydroxylation is 1. The highest BCUT2D eigenvalue weighted by atomic mass is 16.4. The van der Waals surface area contributed by atoms with E-state index < -0.39 is 17.9 Å². The van der Waals surface area contributed by atoms with Gasteiger partial charge in [-0.25, -0.2) is 0 Å². The smallest absolute Gasteiger partial charge is 0.313 e. The highest BCUT2D eigenvalue weighted by Crippen LogP contribution is 2.15. The number of benzene rings is 1. The summed E-state index contributed by atoms with van der Waals surface area (Å²) < 4.78 is 5.06. The molecule has 1 aromatic heterocycles. The second-order valence-electron chi connectivity index (χ2n) is 5.08. The molecular formula is C17H20N2O4. The number of carbonyl (C=O) groups is 2. The molecule has 3 N–H and O–H groups in total. The van der Waals surface area contributed by atoms with Crippen LogP contribution in [0.25, 0.3) is 0 Å². The molecule has 2 amide bonds. The molecule has 6 heteroatoms. The van der Waals surface area contributed by atoms with E-state index in [2.05, 4.69) is 10.6 Å². The molecule has 1 heterocycles. The monoisotopic (exact) mass is 316 g/mol. The van der Waals surface area contributed by atoms with Crippen molar-refractivity contribution >= 4 is 17.5 Å². The Labute approximate surface area is 134 Å². The van der Waals surface area contributed by atoms with Gasteiger partial charge < -0.3 is 20.2 Å². The Kier molecular flexibility index (Phi) is 5.94. The molecule has 0 saturated heterocycles. The maximum atomic E-state index is 11.8. The number of hydrogen-bond donors (Lipinski definition) is 3. The molecule has 122 valence electrons. The van der Waals surface area contributed by atoms with Crippen LogP contribution in [0.5, 0.6) is 0 Å². The number of amides is 2. The number of aliphatic hydroxyl groups excluding tert-OH is 1. The first-order valence-electron chi connectivity index (χ1n) is 7.49. The van der Waals surface area contributed by atoms with Crippen molar-refractivity contribution in [3.63, 3.8) is 0 Å². The molecule has 0 fully saturated rings. The number of rotatable bonds is 6. The summed E-state index contributed by atoms with van der Waals surface area (Å²) in [5, 5.41) is 14.8. The summed E-state index contributed by atoms with van der Waals surface area (Å²) in [6, 6.07) is 10.6. The molecule has 0 saturated carbocycles. The average Bonchev–Trinajstić information content (AvgIpc) is 3.10. The molecule has 1 atom stereocenters. The Morgan fingerprint density at radius 1 is 1.17 bits per heavy atom. The van der Waals surface area contributed by atoms with Crippen molar-refractivity contribution < 1.29 is 19.1 Å². The van der Waals surface area contributed by atoms with Crippen LogP contribution in [0.1, 0.15) is 30.8 Å². The number of furan rings is 1. The van der Waals surface area contributed by atoms with Gasteiger partial charge in [0.25, 0.3) is 0 Å². The molecule has 6 nitrogen and oxygen atoms in total. The number of nitrogens with one attached hydrogen (secondary N) is 2. The van der Waals surface area contributed by atoms with Gasteiger partial charge in [-0.1, -0.05) is 19.1 Å². The van der Waals surface area contributed by atoms with Gasteiger partial charge in [-0.2, -0.15) is 0 Å². The number of anilines is 1. The molecule has 0 aliphatic rings. The molecular weight excluding hydrogens is 296 g/mol. The van der Waals surface area contributed by atoms with Crippen molar-refractivity contribution in [1.82, 2.24) is 5.32 Å². The number of hydrogen-bond acceptors (Lipinski definition) is 4. The second kappa shape index (κ2) is 8.14. The summed E-state index contributed by atoms with van der Waals surface area (Å²) in [7, 11) is 0. The summed E-state index contributed by atoms with van der Waals surface area (Å²) >= 11 is 0. The summed E-state index contributed by atoms with van der Waals surface area (Å²) in [6.07, 6.45) is 1.83. The zero-order valence-electron chi connectivity index (χ0n) is 12.9. The van der Waals surface area contributed by atoms with Crippen LogP contribution >= 0.6 is 0 Å². The Balaban J connectivity index is 1.75. The van der Waals surface area contributed by atoms with E-state index in [-0.39, 0.29) is 13.0 Å². The Morgan fingerprint density at radius 2 is 1.91 bits per heavy atom. The molecule has 1 unspecified atom stereocenters. The molecule has 2 aromatic rings. The van der Waals surface area contributed by atoms with E-state index in [1.54, 1.807) is 24.3 Å². The first-order chi connectivity index (χ1) is 11.1. The zero-order chi connectivity index (χ0) is 16.7. The molecule has 0 aliphatic carbocycles. The third-order valence-corrected chi connectivity index (χ3v) is 3.40. The quantitative estimate of drug-likeness (QED) is 0.711. The van der Waals surface area contributed by atoms with Crippen LogP contribution in [0.15, 0.2) is 47.1 Å². The summed E-state index contributed by atoms with van der Waals surface area (Å²) in [5.41, 5.74) is 1.72. The van der Waals surface area contributed by atoms with Gasteiger partial charge in [0.1, 0.15) is 11.9 Å². The van der Waals surface area contributed by atoms with E-state index >= 15 is 0 Å². The molecule has 23 heavy (non-hydrogen) atoms. The minimum Gasteiger partial charge on any atom is -0.467 e. The Morgan fingerprint density at radius 3 is 2.52 bits per heavy atom. The van der Waals surface area contributed by atoms with Crippen molar-refractivity contribution in [2.24, 2.45) is 0 Å². The first-order valence-corrected chi connectivity index (χ1v) is 7.49. The van der Waals surface area contributed by atoms with Gasteiger partial charge in [0.15, 0.2) is 0 Å². The van der Waals surface area contributed by atoms with Gasteiger partial charge >= 0.3 is 11.8 Å². The third-order valence-electron chi connectivity index (χ3n) is 3.40. The predicted octanol–water partition coefficient (Wildman–Crippen LogP) is 2.02. The fourth-order valence-electron chi connectivity index (χ4n) is 2.04. The van der Waals surface area contributed by atoms with Crippen LogP contribution in [0.3, 0.4) is 0 Å². The largest absolute Gasteiger partial charge is 0.467 e. The minimum atomic E-state index is -0.810. The normalized spacial score (nSPS) is 11.7. The third kappa shape index (κ3) is 4.96. The first kappa shape index (κ1) is 16.8. The van der Waals surface area contributed by atoms with E-state index in [0.717, 1.165) is 12.0 Å². The second-order valence-corrected chi connectivity index (χ2v) is 5.08. The van der Waals surface area contributed by atoms with Crippen LogP contribution in [0, 0.1) is 0 Å². The van der Waals surface area contributed by atoms with E-state index in [0.29, 0.717) is 11.4 Å². The molecule has 1 aromatic carbocycles. The maximum absolute atomic E-state index is 11.8. The number of carbonyl (C=O) groups excluding carboxylic acids is 2. The fourth-order valence-corrected chi connectivity index (χ4v) is 2.04. The zero-order valence-corrected chi connectivity index (χ0v) is 12.9. The van der Waals surface area contributed by atoms with Gasteiger partial charge in [-0.15, -0.1) is 0 Å². The van der Waals surface area contributed by atoms with Crippen LogP contribution in [-0.4, -0.2) is 23.5 Å². The van der Waals surface area contributed by atoms with Crippen molar-refractivity contribution in [3.05, 3.63) is 54.0 Å². The van der Waals surface area contributed by atoms with E-state index in [1.165, 1.54) is 6.26 Å². The molecule has 0 bridgehead atoms. The minimum absolute atomic E-state index is 0.170. The molecule has 2 rings (SSSR count). The van der Waals surface area contributed by atoms with Crippen molar-refractivity contribution in [1.29, 1.82) is 0 Å². The Bertz CT molecular complexity index is 635. The standard InChI is InChI=1S/C17H20N2O4/c1-2-12-5-7-13(8-6-12)19-17(22)16(21)18-10-9-14(20)15-4-3-11-23-15/h3-8,11,14,20H,2,9-10H2,1H3,(H,18,21)(H,19,22). The lowest BCUT2D eigenvalue weighted by Gasteiger charge is -2.09. The van der Waals surface area contributed by atoms with E-state index in [4.69, 9.17) is 4.42 Å². The molecule has 0 aliphatic heterocycles. The summed E-state index contributed by atoms with van der Waals surface area (Å²) in [4.78, 5) is 23.5. The molecule has 0 spiro atoms. The average molecular weight is 316 g/mol. The van der Waals surface area contributed by atoms with Crippen molar-refractivity contribution in [2.45, 2.75) is 25.9 Å². The van der Waals surface area contributed by atoms with Crippen LogP contribution in [0.2, 0.25) is 0 Å². The SMILES string of the molecule is CCc1ccc(NC(=O)C(=O)NCCC(O)c2ccco2)cc1. The van der Waals surface area contributed by atoms with Gasteiger partial charge in [-0.05, 0) is 42.7 Å².